The molecule has 0 aliphatic carbocycles. The smallest absolute Gasteiger partial charge is 0.163 e. The fourth-order valence-corrected chi connectivity index (χ4v) is 2.52. The fraction of sp³-hybridized carbons (Fsp3) is 0. The minimum absolute atomic E-state index is 0.222. The highest BCUT2D eigenvalue weighted by Gasteiger charge is 2.06. The molecule has 0 aliphatic heterocycles. The Hall–Kier alpha value is -2.20. The molecule has 0 unspecified atom stereocenters. The van der Waals surface area contributed by atoms with Gasteiger partial charge in [0.1, 0.15) is 4.60 Å². The van der Waals surface area contributed by atoms with Gasteiger partial charge in [0.15, 0.2) is 5.82 Å². The van der Waals surface area contributed by atoms with Crippen molar-refractivity contribution >= 4 is 37.7 Å². The minimum atomic E-state index is -0.222. The maximum atomic E-state index is 13.1. The largest absolute Gasteiger partial charge is 0.347 e. The van der Waals surface area contributed by atoms with Gasteiger partial charge in [-0.1, -0.05) is 36.4 Å². The lowest BCUT2D eigenvalue weighted by Crippen LogP contribution is -1.73. The number of para-hydroxylation sites is 2. The number of aromatic amines is 1. The van der Waals surface area contributed by atoms with E-state index in [1.165, 1.54) is 5.39 Å². The van der Waals surface area contributed by atoms with Crippen LogP contribution in [0.5, 0.6) is 0 Å². The number of hydrogen-bond donors (Lipinski definition) is 1. The lowest BCUT2D eigenvalue weighted by Gasteiger charge is -1.91. The van der Waals surface area contributed by atoms with Crippen LogP contribution < -0.4 is 0 Å². The Balaban J connectivity index is 0.000000126. The molecule has 4 rings (SSSR count). The number of H-pyrrole nitrogens is 1. The first-order chi connectivity index (χ1) is 10.3. The van der Waals surface area contributed by atoms with Crippen molar-refractivity contribution in [3.63, 3.8) is 0 Å². The molecule has 2 heterocycles. The predicted molar refractivity (Wildman–Crippen MR) is 87.7 cm³/mol. The summed E-state index contributed by atoms with van der Waals surface area (Å²) in [4.78, 5) is 7.05. The molecule has 0 atom stereocenters. The van der Waals surface area contributed by atoms with Crippen LogP contribution in [0.3, 0.4) is 0 Å². The Morgan fingerprint density at radius 1 is 0.905 bits per heavy atom. The zero-order valence-electron chi connectivity index (χ0n) is 11.1. The van der Waals surface area contributed by atoms with Crippen LogP contribution in [0.2, 0.25) is 0 Å². The monoisotopic (exact) mass is 342 g/mol. The Morgan fingerprint density at radius 3 is 2.43 bits per heavy atom. The quantitative estimate of drug-likeness (QED) is 0.461. The third-order valence-corrected chi connectivity index (χ3v) is 3.66. The van der Waals surface area contributed by atoms with Crippen molar-refractivity contribution in [1.29, 1.82) is 0 Å². The molecular formula is C17H12BrFN2. The molecule has 1 N–H and O–H groups in total. The molecule has 0 saturated carbocycles. The van der Waals surface area contributed by atoms with Crippen LogP contribution in [0, 0.1) is 5.82 Å². The normalized spacial score (nSPS) is 10.4. The molecule has 21 heavy (non-hydrogen) atoms. The van der Waals surface area contributed by atoms with Crippen LogP contribution in [0.15, 0.2) is 71.5 Å². The van der Waals surface area contributed by atoms with Gasteiger partial charge in [-0.05, 0) is 40.2 Å². The van der Waals surface area contributed by atoms with E-state index in [2.05, 4.69) is 38.0 Å². The molecule has 0 radical (unpaired) electrons. The van der Waals surface area contributed by atoms with E-state index in [1.54, 1.807) is 6.07 Å². The molecule has 104 valence electrons. The van der Waals surface area contributed by atoms with Gasteiger partial charge in [0, 0.05) is 22.5 Å². The van der Waals surface area contributed by atoms with Crippen molar-refractivity contribution in [3.8, 4) is 0 Å². The summed E-state index contributed by atoms with van der Waals surface area (Å²) < 4.78 is 13.5. The number of nitrogens with one attached hydrogen (secondary N) is 1. The number of pyridine rings is 1. The second kappa shape index (κ2) is 6.06. The van der Waals surface area contributed by atoms with Gasteiger partial charge in [0.2, 0.25) is 0 Å². The van der Waals surface area contributed by atoms with Crippen LogP contribution in [0.4, 0.5) is 4.39 Å². The van der Waals surface area contributed by atoms with Crippen LogP contribution in [-0.4, -0.2) is 9.97 Å². The molecule has 0 fully saturated rings. The first-order valence-corrected chi connectivity index (χ1v) is 7.26. The van der Waals surface area contributed by atoms with Gasteiger partial charge in [-0.15, -0.1) is 0 Å². The first kappa shape index (κ1) is 13.8. The van der Waals surface area contributed by atoms with E-state index >= 15 is 0 Å². The summed E-state index contributed by atoms with van der Waals surface area (Å²) in [7, 11) is 0. The highest BCUT2D eigenvalue weighted by atomic mass is 79.9. The molecule has 4 aromatic rings. The van der Waals surface area contributed by atoms with Gasteiger partial charge in [-0.3, -0.25) is 4.98 Å². The molecule has 0 saturated heterocycles. The third kappa shape index (κ3) is 2.95. The lowest BCUT2D eigenvalue weighted by atomic mass is 10.2. The van der Waals surface area contributed by atoms with Crippen LogP contribution in [0.1, 0.15) is 0 Å². The number of nitrogens with zero attached hydrogens (tertiary/aromatic N) is 1. The summed E-state index contributed by atoms with van der Waals surface area (Å²) in [5.41, 5.74) is 1.88. The number of fused-ring (bicyclic) bond motifs is 2. The average molecular weight is 343 g/mol. The second-order valence-electron chi connectivity index (χ2n) is 4.49. The van der Waals surface area contributed by atoms with Crippen molar-refractivity contribution in [1.82, 2.24) is 9.97 Å². The molecule has 0 spiro atoms. The van der Waals surface area contributed by atoms with Gasteiger partial charge < -0.3 is 4.98 Å². The summed E-state index contributed by atoms with van der Waals surface area (Å²) in [6.45, 7) is 0. The Labute approximate surface area is 129 Å². The topological polar surface area (TPSA) is 28.7 Å². The summed E-state index contributed by atoms with van der Waals surface area (Å²) in [5.74, 6) is -0.222. The number of rotatable bonds is 0. The average Bonchev–Trinajstić information content (AvgIpc) is 2.83. The molecule has 2 aromatic heterocycles. The summed E-state index contributed by atoms with van der Waals surface area (Å²) in [6.07, 6.45) is 1.81. The summed E-state index contributed by atoms with van der Waals surface area (Å²) >= 11 is 3.08. The number of benzene rings is 2. The molecular weight excluding hydrogens is 331 g/mol. The van der Waals surface area contributed by atoms with E-state index in [0.717, 1.165) is 11.0 Å². The summed E-state index contributed by atoms with van der Waals surface area (Å²) in [6, 6.07) is 19.3. The van der Waals surface area contributed by atoms with Gasteiger partial charge >= 0.3 is 0 Å². The maximum Gasteiger partial charge on any atom is 0.163 e. The van der Waals surface area contributed by atoms with Gasteiger partial charge in [0.05, 0.1) is 5.52 Å². The molecule has 2 nitrogen and oxygen atoms in total. The van der Waals surface area contributed by atoms with E-state index in [1.807, 2.05) is 48.7 Å². The zero-order chi connectivity index (χ0) is 14.7. The van der Waals surface area contributed by atoms with E-state index in [9.17, 15) is 4.39 Å². The van der Waals surface area contributed by atoms with E-state index in [4.69, 9.17) is 0 Å². The molecule has 0 amide bonds. The van der Waals surface area contributed by atoms with Crippen molar-refractivity contribution in [2.75, 3.05) is 0 Å². The summed E-state index contributed by atoms with van der Waals surface area (Å²) in [5, 5.41) is 1.82. The van der Waals surface area contributed by atoms with E-state index in [0.29, 0.717) is 9.99 Å². The Bertz CT molecular complexity index is 821. The zero-order valence-corrected chi connectivity index (χ0v) is 12.6. The molecule has 0 bridgehead atoms. The number of hydrogen-bond acceptors (Lipinski definition) is 1. The second-order valence-corrected chi connectivity index (χ2v) is 5.29. The van der Waals surface area contributed by atoms with Gasteiger partial charge in [0.25, 0.3) is 0 Å². The maximum absolute atomic E-state index is 13.1. The predicted octanol–water partition coefficient (Wildman–Crippen LogP) is 5.30. The van der Waals surface area contributed by atoms with Crippen molar-refractivity contribution in [2.24, 2.45) is 0 Å². The lowest BCUT2D eigenvalue weighted by molar-refractivity contribution is 0.632. The molecule has 0 aliphatic rings. The number of halogens is 2. The highest BCUT2D eigenvalue weighted by Crippen LogP contribution is 2.23. The Kier molecular flexibility index (Phi) is 3.97. The fourth-order valence-electron chi connectivity index (χ4n) is 2.09. The van der Waals surface area contributed by atoms with Crippen molar-refractivity contribution in [2.45, 2.75) is 0 Å². The first-order valence-electron chi connectivity index (χ1n) is 6.47. The van der Waals surface area contributed by atoms with Crippen LogP contribution in [-0.2, 0) is 0 Å². The van der Waals surface area contributed by atoms with E-state index in [-0.39, 0.29) is 5.82 Å². The van der Waals surface area contributed by atoms with Crippen molar-refractivity contribution < 1.29 is 4.39 Å². The highest BCUT2D eigenvalue weighted by molar-refractivity contribution is 9.10. The molecule has 2 aromatic carbocycles. The minimum Gasteiger partial charge on any atom is -0.347 e. The van der Waals surface area contributed by atoms with Gasteiger partial charge in [-0.25, -0.2) is 4.39 Å². The van der Waals surface area contributed by atoms with Crippen LogP contribution >= 0.6 is 15.9 Å². The van der Waals surface area contributed by atoms with Crippen molar-refractivity contribution in [3.05, 3.63) is 77.3 Å². The standard InChI is InChI=1S/C9H7N.C8H5BrFN/c1-2-6-9-8(4-1)5-3-7-10-9;9-8-7(10)5-3-1-2-4-6(5)11-8/h1-7H;1-4,11H. The number of aromatic nitrogens is 2. The Morgan fingerprint density at radius 2 is 1.62 bits per heavy atom. The van der Waals surface area contributed by atoms with Gasteiger partial charge in [-0.2, -0.15) is 0 Å². The van der Waals surface area contributed by atoms with E-state index < -0.39 is 0 Å². The third-order valence-electron chi connectivity index (χ3n) is 3.11. The van der Waals surface area contributed by atoms with Crippen LogP contribution in [0.25, 0.3) is 21.8 Å². The molecule has 4 heteroatoms. The SMILES string of the molecule is Fc1c(Br)[nH]c2ccccc12.c1ccc2ncccc2c1.